The lowest BCUT2D eigenvalue weighted by atomic mass is 10.1. The van der Waals surface area contributed by atoms with Crippen molar-refractivity contribution in [3.63, 3.8) is 0 Å². The number of thioether (sulfide) groups is 1. The summed E-state index contributed by atoms with van der Waals surface area (Å²) < 4.78 is 44.2. The molecule has 10 heteroatoms. The van der Waals surface area contributed by atoms with Crippen LogP contribution in [-0.4, -0.2) is 60.0 Å². The Kier molecular flexibility index (Phi) is 8.34. The van der Waals surface area contributed by atoms with Gasteiger partial charge in [0.25, 0.3) is 0 Å². The van der Waals surface area contributed by atoms with Crippen molar-refractivity contribution >= 4 is 22.7 Å². The minimum atomic E-state index is -4.35. The first-order valence-corrected chi connectivity index (χ1v) is 12.4. The zero-order chi connectivity index (χ0) is 23.1. The Labute approximate surface area is 196 Å². The second-order valence-corrected chi connectivity index (χ2v) is 9.41. The summed E-state index contributed by atoms with van der Waals surface area (Å²) in [5, 5.41) is 2.88. The quantitative estimate of drug-likeness (QED) is 0.385. The number of pyridine rings is 1. The Morgan fingerprint density at radius 2 is 1.88 bits per heavy atom. The number of benzene rings is 1. The molecule has 0 saturated carbocycles. The predicted octanol–water partition coefficient (Wildman–Crippen LogP) is 4.40. The molecule has 1 saturated heterocycles. The van der Waals surface area contributed by atoms with Gasteiger partial charge in [0.15, 0.2) is 0 Å². The van der Waals surface area contributed by atoms with Crippen molar-refractivity contribution in [2.45, 2.75) is 36.8 Å². The Balaban J connectivity index is 1.13. The molecule has 2 aromatic rings. The molecule has 0 bridgehead atoms. The van der Waals surface area contributed by atoms with Gasteiger partial charge in [-0.3, -0.25) is 14.9 Å². The molecule has 4 rings (SSSR count). The van der Waals surface area contributed by atoms with Crippen LogP contribution in [0.25, 0.3) is 10.9 Å². The number of unbranched alkanes of at least 4 members (excludes halogenated alkanes) is 3. The molecule has 2 N–H and O–H groups in total. The highest BCUT2D eigenvalue weighted by atomic mass is 32.2. The lowest BCUT2D eigenvalue weighted by molar-refractivity contribution is -0.137. The molecular formula is C23H30F3N5OS. The van der Waals surface area contributed by atoms with Gasteiger partial charge in [0, 0.05) is 48.9 Å². The van der Waals surface area contributed by atoms with Crippen molar-refractivity contribution in [2.75, 3.05) is 45.1 Å². The van der Waals surface area contributed by atoms with E-state index in [2.05, 4.69) is 32.1 Å². The number of hydrogen-bond donors (Lipinski definition) is 2. The van der Waals surface area contributed by atoms with Gasteiger partial charge in [-0.2, -0.15) is 13.2 Å². The van der Waals surface area contributed by atoms with E-state index in [1.54, 1.807) is 18.0 Å². The first-order chi connectivity index (χ1) is 16.0. The smallest absolute Gasteiger partial charge is 0.379 e. The summed E-state index contributed by atoms with van der Waals surface area (Å²) in [5.74, 6) is 0.938. The normalized spacial score (nSPS) is 17.4. The molecule has 0 radical (unpaired) electrons. The highest BCUT2D eigenvalue weighted by Gasteiger charge is 2.30. The van der Waals surface area contributed by atoms with Gasteiger partial charge in [-0.25, -0.2) is 0 Å². The van der Waals surface area contributed by atoms with Crippen LogP contribution in [0.2, 0.25) is 0 Å². The molecule has 0 spiro atoms. The number of alkyl halides is 3. The monoisotopic (exact) mass is 481 g/mol. The number of aromatic nitrogens is 1. The van der Waals surface area contributed by atoms with Gasteiger partial charge in [-0.15, -0.1) is 17.3 Å². The van der Waals surface area contributed by atoms with Gasteiger partial charge in [0.2, 0.25) is 0 Å². The number of rotatable bonds is 10. The lowest BCUT2D eigenvalue weighted by Gasteiger charge is -2.26. The molecule has 0 atom stereocenters. The zero-order valence-corrected chi connectivity index (χ0v) is 19.4. The second-order valence-electron chi connectivity index (χ2n) is 8.27. The van der Waals surface area contributed by atoms with Crippen molar-refractivity contribution in [2.24, 2.45) is 0 Å². The number of halogens is 3. The number of hydrogen-bond acceptors (Lipinski definition) is 7. The van der Waals surface area contributed by atoms with E-state index in [9.17, 15) is 13.2 Å². The molecule has 0 amide bonds. The molecule has 6 nitrogen and oxygen atoms in total. The highest BCUT2D eigenvalue weighted by Crippen LogP contribution is 2.34. The van der Waals surface area contributed by atoms with Crippen LogP contribution >= 0.6 is 11.8 Å². The van der Waals surface area contributed by atoms with E-state index in [0.29, 0.717) is 5.52 Å². The second kappa shape index (κ2) is 11.4. The van der Waals surface area contributed by atoms with Crippen molar-refractivity contribution in [3.8, 4) is 0 Å². The molecule has 0 unspecified atom stereocenters. The van der Waals surface area contributed by atoms with E-state index < -0.39 is 11.7 Å². The fourth-order valence-corrected chi connectivity index (χ4v) is 4.99. The number of ether oxygens (including phenoxy) is 1. The Morgan fingerprint density at radius 1 is 1.06 bits per heavy atom. The Hall–Kier alpha value is -2.01. The Bertz CT molecular complexity index is 949. The fourth-order valence-electron chi connectivity index (χ4n) is 3.94. The summed E-state index contributed by atoms with van der Waals surface area (Å²) in [4.78, 5) is 7.49. The van der Waals surface area contributed by atoms with E-state index >= 15 is 0 Å². The molecule has 1 aromatic carbocycles. The first-order valence-electron chi connectivity index (χ1n) is 11.4. The number of nitrogens with zero attached hydrogens (tertiary/aromatic N) is 3. The van der Waals surface area contributed by atoms with Crippen LogP contribution in [0.3, 0.4) is 0 Å². The summed E-state index contributed by atoms with van der Waals surface area (Å²) in [7, 11) is 0. The summed E-state index contributed by atoms with van der Waals surface area (Å²) in [6.07, 6.45) is 3.81. The van der Waals surface area contributed by atoms with Crippen LogP contribution in [0.1, 0.15) is 31.2 Å². The van der Waals surface area contributed by atoms with Crippen LogP contribution < -0.4 is 11.0 Å². The molecule has 2 aliphatic rings. The van der Waals surface area contributed by atoms with Crippen LogP contribution in [0, 0.1) is 0 Å². The molecule has 33 heavy (non-hydrogen) atoms. The summed E-state index contributed by atoms with van der Waals surface area (Å²) in [6, 6.07) is 5.68. The van der Waals surface area contributed by atoms with Crippen molar-refractivity contribution in [3.05, 3.63) is 47.9 Å². The minimum absolute atomic E-state index is 0.391. The maximum atomic E-state index is 12.9. The summed E-state index contributed by atoms with van der Waals surface area (Å²) in [6.45, 7) is 5.41. The average Bonchev–Trinajstić information content (AvgIpc) is 3.25. The van der Waals surface area contributed by atoms with Crippen LogP contribution in [0.15, 0.2) is 47.3 Å². The van der Waals surface area contributed by atoms with Crippen LogP contribution in [0.5, 0.6) is 0 Å². The van der Waals surface area contributed by atoms with Gasteiger partial charge in [-0.05, 0) is 36.8 Å². The molecule has 0 aliphatic carbocycles. The number of hydrazine groups is 2. The molecule has 1 fully saturated rings. The summed E-state index contributed by atoms with van der Waals surface area (Å²) >= 11 is 1.69. The zero-order valence-electron chi connectivity index (χ0n) is 18.5. The van der Waals surface area contributed by atoms with Gasteiger partial charge in [0.1, 0.15) is 0 Å². The standard InChI is InChI=1S/C23H30F3N5OS/c24-23(25,26)18-5-6-20-21(15-18)27-8-7-22(20)33-14-4-2-1-3-9-31-17-19(28-29-31)16-30-10-12-32-13-11-30/h5-8,15,17,28-29H,1-4,9-14,16H2. The maximum Gasteiger partial charge on any atom is 0.416 e. The third-order valence-electron chi connectivity index (χ3n) is 5.75. The predicted molar refractivity (Wildman–Crippen MR) is 124 cm³/mol. The van der Waals surface area contributed by atoms with Crippen molar-refractivity contribution in [1.29, 1.82) is 0 Å². The number of nitrogens with one attached hydrogen (secondary N) is 2. The highest BCUT2D eigenvalue weighted by molar-refractivity contribution is 7.99. The average molecular weight is 482 g/mol. The molecule has 3 heterocycles. The van der Waals surface area contributed by atoms with Crippen molar-refractivity contribution < 1.29 is 17.9 Å². The number of fused-ring (bicyclic) bond motifs is 1. The van der Waals surface area contributed by atoms with Gasteiger partial charge < -0.3 is 10.2 Å². The number of morpholine rings is 1. The van der Waals surface area contributed by atoms with E-state index in [4.69, 9.17) is 4.74 Å². The third kappa shape index (κ3) is 6.99. The van der Waals surface area contributed by atoms with Gasteiger partial charge in [-0.1, -0.05) is 18.9 Å². The van der Waals surface area contributed by atoms with E-state index in [1.807, 2.05) is 6.07 Å². The van der Waals surface area contributed by atoms with Crippen LogP contribution in [-0.2, 0) is 10.9 Å². The third-order valence-corrected chi connectivity index (χ3v) is 6.91. The minimum Gasteiger partial charge on any atom is -0.379 e. The Morgan fingerprint density at radius 3 is 2.70 bits per heavy atom. The van der Waals surface area contributed by atoms with Crippen LogP contribution in [0.4, 0.5) is 13.2 Å². The molecular weight excluding hydrogens is 451 g/mol. The fraction of sp³-hybridized carbons (Fsp3) is 0.522. The van der Waals surface area contributed by atoms with Gasteiger partial charge >= 0.3 is 6.18 Å². The molecule has 180 valence electrons. The van der Waals surface area contributed by atoms with Crippen molar-refractivity contribution in [1.82, 2.24) is 25.9 Å². The SMILES string of the molecule is FC(F)(F)c1ccc2c(SCCCCCCN3C=C(CN4CCOCC4)NN3)ccnc2c1. The largest absolute Gasteiger partial charge is 0.416 e. The van der Waals surface area contributed by atoms with Gasteiger partial charge in [0.05, 0.1) is 30.0 Å². The lowest BCUT2D eigenvalue weighted by Crippen LogP contribution is -2.41. The first kappa shape index (κ1) is 24.1. The topological polar surface area (TPSA) is 52.7 Å². The van der Waals surface area contributed by atoms with E-state index in [1.165, 1.54) is 11.8 Å². The maximum absolute atomic E-state index is 12.9. The molecule has 1 aromatic heterocycles. The molecule has 2 aliphatic heterocycles. The van der Waals surface area contributed by atoms with E-state index in [0.717, 1.165) is 93.2 Å². The van der Waals surface area contributed by atoms with E-state index in [-0.39, 0.29) is 0 Å². The summed E-state index contributed by atoms with van der Waals surface area (Å²) in [5.41, 5.74) is 7.36.